The third-order valence-electron chi connectivity index (χ3n) is 5.72. The van der Waals surface area contributed by atoms with Crippen LogP contribution < -0.4 is 0 Å². The van der Waals surface area contributed by atoms with Crippen LogP contribution in [0, 0.1) is 0 Å². The fraction of sp³-hybridized carbons (Fsp3) is 0.320. The fourth-order valence-electron chi connectivity index (χ4n) is 4.03. The number of unbranched alkanes of at least 4 members (excludes halogenated alkanes) is 1. The van der Waals surface area contributed by atoms with Crippen molar-refractivity contribution in [2.24, 2.45) is 0 Å². The van der Waals surface area contributed by atoms with E-state index in [1.165, 1.54) is 0 Å². The number of nitrogens with one attached hydrogen (secondary N) is 1. The van der Waals surface area contributed by atoms with Crippen LogP contribution in [0.2, 0.25) is 0 Å². The van der Waals surface area contributed by atoms with E-state index < -0.39 is 11.6 Å². The summed E-state index contributed by atoms with van der Waals surface area (Å²) < 4.78 is 1.72. The minimum atomic E-state index is -1.36. The van der Waals surface area contributed by atoms with Crippen molar-refractivity contribution < 1.29 is 15.0 Å². The number of H-pyrrole nitrogens is 1. The Balaban J connectivity index is 1.70. The number of aromatic nitrogens is 6. The lowest BCUT2D eigenvalue weighted by Gasteiger charge is -2.16. The summed E-state index contributed by atoms with van der Waals surface area (Å²) >= 11 is 0. The molecule has 0 aliphatic heterocycles. The highest BCUT2D eigenvalue weighted by Crippen LogP contribution is 2.30. The summed E-state index contributed by atoms with van der Waals surface area (Å²) in [6.07, 6.45) is 2.49. The van der Waals surface area contributed by atoms with Crippen molar-refractivity contribution >= 4 is 5.97 Å². The first-order valence-corrected chi connectivity index (χ1v) is 11.3. The topological polar surface area (TPSA) is 130 Å². The van der Waals surface area contributed by atoms with E-state index in [2.05, 4.69) is 32.5 Å². The highest BCUT2D eigenvalue weighted by molar-refractivity contribution is 5.87. The summed E-state index contributed by atoms with van der Waals surface area (Å²) in [5.74, 6) is 0.158. The Labute approximate surface area is 197 Å². The highest BCUT2D eigenvalue weighted by atomic mass is 16.4. The van der Waals surface area contributed by atoms with Gasteiger partial charge in [-0.3, -0.25) is 0 Å². The molecule has 0 unspecified atom stereocenters. The molecule has 0 amide bonds. The van der Waals surface area contributed by atoms with Gasteiger partial charge in [0.05, 0.1) is 0 Å². The van der Waals surface area contributed by atoms with Crippen LogP contribution in [0.15, 0.2) is 48.5 Å². The van der Waals surface area contributed by atoms with Crippen molar-refractivity contribution in [2.75, 3.05) is 0 Å². The van der Waals surface area contributed by atoms with E-state index in [9.17, 15) is 15.0 Å². The lowest BCUT2D eigenvalue weighted by Crippen LogP contribution is -2.22. The van der Waals surface area contributed by atoms with Crippen LogP contribution in [-0.4, -0.2) is 46.4 Å². The minimum absolute atomic E-state index is 0.0332. The Hall–Kier alpha value is -3.85. The van der Waals surface area contributed by atoms with Crippen molar-refractivity contribution in [3.63, 3.8) is 0 Å². The van der Waals surface area contributed by atoms with Crippen LogP contribution in [0.25, 0.3) is 22.5 Å². The molecule has 0 saturated carbocycles. The summed E-state index contributed by atoms with van der Waals surface area (Å²) in [6, 6.07) is 15.8. The molecule has 34 heavy (non-hydrogen) atoms. The van der Waals surface area contributed by atoms with E-state index in [4.69, 9.17) is 0 Å². The van der Waals surface area contributed by atoms with E-state index in [1.807, 2.05) is 48.5 Å². The number of rotatable bonds is 9. The maximum Gasteiger partial charge on any atom is 0.354 e. The van der Waals surface area contributed by atoms with E-state index in [1.54, 1.807) is 18.4 Å². The minimum Gasteiger partial charge on any atom is -0.477 e. The van der Waals surface area contributed by atoms with E-state index in [0.717, 1.165) is 35.1 Å². The van der Waals surface area contributed by atoms with Gasteiger partial charge in [0.25, 0.3) is 0 Å². The molecule has 0 bridgehead atoms. The number of hydrogen-bond acceptors (Lipinski definition) is 6. The predicted octanol–water partition coefficient (Wildman–Crippen LogP) is 4.05. The molecular formula is C25H28N6O3. The Kier molecular flexibility index (Phi) is 6.56. The summed E-state index contributed by atoms with van der Waals surface area (Å²) in [5.41, 5.74) is 2.66. The number of carboxylic acid groups (broad SMARTS) is 1. The second-order valence-corrected chi connectivity index (χ2v) is 8.77. The fourth-order valence-corrected chi connectivity index (χ4v) is 4.03. The van der Waals surface area contributed by atoms with E-state index in [0.29, 0.717) is 24.6 Å². The van der Waals surface area contributed by atoms with Gasteiger partial charge < -0.3 is 14.8 Å². The van der Waals surface area contributed by atoms with Gasteiger partial charge in [0.2, 0.25) is 0 Å². The summed E-state index contributed by atoms with van der Waals surface area (Å²) in [7, 11) is 0. The Bertz CT molecular complexity index is 1270. The third kappa shape index (κ3) is 4.74. The molecule has 9 heteroatoms. The number of benzene rings is 2. The van der Waals surface area contributed by atoms with Crippen molar-refractivity contribution in [2.45, 2.75) is 52.2 Å². The zero-order valence-corrected chi connectivity index (χ0v) is 19.5. The zero-order valence-electron chi connectivity index (χ0n) is 19.5. The van der Waals surface area contributed by atoms with Crippen molar-refractivity contribution in [3.8, 4) is 22.5 Å². The average Bonchev–Trinajstić information content (AvgIpc) is 3.47. The Morgan fingerprint density at radius 2 is 1.79 bits per heavy atom. The summed E-state index contributed by atoms with van der Waals surface area (Å²) in [6.45, 7) is 5.55. The molecule has 2 heterocycles. The number of carboxylic acids is 1. The molecule has 0 atom stereocenters. The van der Waals surface area contributed by atoms with Crippen LogP contribution in [0.4, 0.5) is 0 Å². The predicted molar refractivity (Wildman–Crippen MR) is 127 cm³/mol. The molecule has 2 aromatic carbocycles. The Morgan fingerprint density at radius 1 is 1.09 bits per heavy atom. The van der Waals surface area contributed by atoms with E-state index in [-0.39, 0.29) is 11.4 Å². The lowest BCUT2D eigenvalue weighted by molar-refractivity contribution is 0.0602. The van der Waals surface area contributed by atoms with Gasteiger partial charge in [0, 0.05) is 18.5 Å². The van der Waals surface area contributed by atoms with Crippen LogP contribution in [-0.2, 0) is 18.6 Å². The quantitative estimate of drug-likeness (QED) is 0.343. The number of hydrogen-bond donors (Lipinski definition) is 3. The van der Waals surface area contributed by atoms with Gasteiger partial charge in [0.15, 0.2) is 11.5 Å². The SMILES string of the molecule is CCCCc1nc(C(C)(C)O)c(C(=O)O)n1Cc1ccc(-c2ccccc2-c2nnn[nH]2)cc1. The van der Waals surface area contributed by atoms with Gasteiger partial charge in [-0.15, -0.1) is 5.10 Å². The van der Waals surface area contributed by atoms with E-state index >= 15 is 0 Å². The third-order valence-corrected chi connectivity index (χ3v) is 5.72. The number of nitrogens with zero attached hydrogens (tertiary/aromatic N) is 5. The largest absolute Gasteiger partial charge is 0.477 e. The van der Waals surface area contributed by atoms with Gasteiger partial charge in [-0.25, -0.2) is 14.9 Å². The average molecular weight is 461 g/mol. The van der Waals surface area contributed by atoms with Crippen LogP contribution >= 0.6 is 0 Å². The van der Waals surface area contributed by atoms with Gasteiger partial charge in [-0.1, -0.05) is 61.9 Å². The smallest absolute Gasteiger partial charge is 0.354 e. The summed E-state index contributed by atoms with van der Waals surface area (Å²) in [4.78, 5) is 16.7. The van der Waals surface area contributed by atoms with Crippen LogP contribution in [0.5, 0.6) is 0 Å². The van der Waals surface area contributed by atoms with Crippen molar-refractivity contribution in [1.29, 1.82) is 0 Å². The van der Waals surface area contributed by atoms with Crippen molar-refractivity contribution in [1.82, 2.24) is 30.2 Å². The molecule has 4 aromatic rings. The first-order chi connectivity index (χ1) is 16.3. The molecule has 9 nitrogen and oxygen atoms in total. The molecule has 0 radical (unpaired) electrons. The molecule has 0 spiro atoms. The number of tetrazole rings is 1. The second kappa shape index (κ2) is 9.56. The molecule has 4 rings (SSSR count). The molecule has 0 saturated heterocycles. The maximum atomic E-state index is 12.2. The standard InChI is InChI=1S/C25H28N6O3/c1-4-5-10-20-26-22(25(2,3)34)21(24(32)33)31(20)15-16-11-13-17(14-12-16)18-8-6-7-9-19(18)23-27-29-30-28-23/h6-9,11-14,34H,4-5,10,15H2,1-3H3,(H,32,33)(H,27,28,29,30). The number of aromatic amines is 1. The molecule has 0 aliphatic rings. The molecule has 176 valence electrons. The number of aromatic carboxylic acids is 1. The normalized spacial score (nSPS) is 11.6. The summed E-state index contributed by atoms with van der Waals surface area (Å²) in [5, 5.41) is 34.7. The van der Waals surface area contributed by atoms with Crippen molar-refractivity contribution in [3.05, 3.63) is 71.3 Å². The van der Waals surface area contributed by atoms with Gasteiger partial charge in [0.1, 0.15) is 17.1 Å². The number of imidazole rings is 1. The first-order valence-electron chi connectivity index (χ1n) is 11.3. The zero-order chi connectivity index (χ0) is 24.3. The number of carbonyl (C=O) groups is 1. The molecule has 3 N–H and O–H groups in total. The molecule has 2 aromatic heterocycles. The highest BCUT2D eigenvalue weighted by Gasteiger charge is 2.31. The number of aryl methyl sites for hydroxylation is 1. The monoisotopic (exact) mass is 460 g/mol. The van der Waals surface area contributed by atoms with Crippen LogP contribution in [0.3, 0.4) is 0 Å². The lowest BCUT2D eigenvalue weighted by atomic mass is 9.98. The maximum absolute atomic E-state index is 12.2. The molecular weight excluding hydrogens is 432 g/mol. The Morgan fingerprint density at radius 3 is 2.38 bits per heavy atom. The second-order valence-electron chi connectivity index (χ2n) is 8.77. The van der Waals surface area contributed by atoms with Crippen LogP contribution in [0.1, 0.15) is 61.2 Å². The molecule has 0 fully saturated rings. The van der Waals surface area contributed by atoms with Gasteiger partial charge >= 0.3 is 5.97 Å². The first kappa shape index (κ1) is 23.3. The number of aliphatic hydroxyl groups is 1. The van der Waals surface area contributed by atoms with Gasteiger partial charge in [-0.05, 0) is 47.4 Å². The van der Waals surface area contributed by atoms with Gasteiger partial charge in [-0.2, -0.15) is 0 Å². The molecule has 0 aliphatic carbocycles.